The Bertz CT molecular complexity index is 1120. The molecule has 2 saturated heterocycles. The quantitative estimate of drug-likeness (QED) is 0.112. The second-order valence-electron chi connectivity index (χ2n) is 15.7. The second-order valence-corrected chi connectivity index (χ2v) is 25.4. The summed E-state index contributed by atoms with van der Waals surface area (Å²) in [5.74, 6) is -0.575. The van der Waals surface area contributed by atoms with Crippen molar-refractivity contribution in [3.05, 3.63) is 60.7 Å². The van der Waals surface area contributed by atoms with Gasteiger partial charge in [-0.15, -0.1) is 0 Å². The Labute approximate surface area is 276 Å². The molecule has 5 atom stereocenters. The molecule has 2 aromatic carbocycles. The molecule has 0 aliphatic carbocycles. The summed E-state index contributed by atoms with van der Waals surface area (Å²) >= 11 is 0. The average molecular weight is 655 g/mol. The molecule has 1 N–H and O–H groups in total. The van der Waals surface area contributed by atoms with E-state index >= 15 is 0 Å². The largest absolute Gasteiger partial charge is 0.410 e. The molecule has 0 unspecified atom stereocenters. The van der Waals surface area contributed by atoms with E-state index in [4.69, 9.17) is 18.3 Å². The summed E-state index contributed by atoms with van der Waals surface area (Å²) in [4.78, 5) is 0. The molecule has 0 aromatic heterocycles. The normalized spacial score (nSPS) is 24.7. The van der Waals surface area contributed by atoms with Crippen LogP contribution in [-0.2, 0) is 18.3 Å². The van der Waals surface area contributed by atoms with Gasteiger partial charge in [0.1, 0.15) is 6.10 Å². The van der Waals surface area contributed by atoms with Crippen LogP contribution in [0.4, 0.5) is 0 Å². The predicted octanol–water partition coefficient (Wildman–Crippen LogP) is 8.34. The minimum absolute atomic E-state index is 0.00178. The first kappa shape index (κ1) is 36.5. The topological polar surface area (TPSA) is 60.5 Å². The van der Waals surface area contributed by atoms with Gasteiger partial charge in [0, 0.05) is 19.4 Å². The van der Waals surface area contributed by atoms with Crippen molar-refractivity contribution in [2.24, 2.45) is 0 Å². The van der Waals surface area contributed by atoms with E-state index in [0.29, 0.717) is 23.2 Å². The van der Waals surface area contributed by atoms with Gasteiger partial charge in [0.2, 0.25) is 8.32 Å². The average Bonchev–Trinajstić information content (AvgIpc) is 3.70. The first-order valence-electron chi connectivity index (χ1n) is 17.7. The molecule has 2 aliphatic heterocycles. The third-order valence-electron chi connectivity index (χ3n) is 10.5. The molecule has 2 aliphatic rings. The minimum atomic E-state index is -2.63. The van der Waals surface area contributed by atoms with Crippen LogP contribution in [0.3, 0.4) is 0 Å². The summed E-state index contributed by atoms with van der Waals surface area (Å²) in [6.45, 7) is 23.6. The number of ether oxygens (including phenoxy) is 2. The number of rotatable bonds is 16. The zero-order chi connectivity index (χ0) is 33.0. The van der Waals surface area contributed by atoms with Gasteiger partial charge >= 0.3 is 0 Å². The minimum Gasteiger partial charge on any atom is -0.410 e. The fourth-order valence-corrected chi connectivity index (χ4v) is 18.6. The van der Waals surface area contributed by atoms with Crippen LogP contribution in [0.2, 0.25) is 21.7 Å². The Balaban J connectivity index is 1.59. The molecule has 0 spiro atoms. The number of epoxide rings is 1. The first-order valence-corrected chi connectivity index (χ1v) is 21.7. The zero-order valence-electron chi connectivity index (χ0n) is 29.8. The Morgan fingerprint density at radius 2 is 1.36 bits per heavy atom. The van der Waals surface area contributed by atoms with Gasteiger partial charge in [-0.3, -0.25) is 0 Å². The van der Waals surface area contributed by atoms with E-state index in [1.165, 1.54) is 10.4 Å². The van der Waals surface area contributed by atoms with E-state index in [2.05, 4.69) is 123 Å². The Morgan fingerprint density at radius 1 is 0.822 bits per heavy atom. The molecule has 45 heavy (non-hydrogen) atoms. The molecule has 7 heteroatoms. The van der Waals surface area contributed by atoms with Crippen LogP contribution < -0.4 is 10.4 Å². The highest BCUT2D eigenvalue weighted by atomic mass is 28.4. The van der Waals surface area contributed by atoms with Crippen molar-refractivity contribution < 1.29 is 23.4 Å². The van der Waals surface area contributed by atoms with E-state index in [0.717, 1.165) is 38.5 Å². The monoisotopic (exact) mass is 654 g/mol. The summed E-state index contributed by atoms with van der Waals surface area (Å²) in [6, 6.07) is 21.8. The van der Waals surface area contributed by atoms with Gasteiger partial charge in [-0.2, -0.15) is 0 Å². The number of fused-ring (bicyclic) bond motifs is 1. The summed E-state index contributed by atoms with van der Waals surface area (Å²) in [7, 11) is -4.74. The van der Waals surface area contributed by atoms with E-state index in [1.807, 2.05) is 6.92 Å². The molecule has 0 amide bonds. The highest BCUT2D eigenvalue weighted by Gasteiger charge is 2.66. The van der Waals surface area contributed by atoms with Crippen molar-refractivity contribution in [1.29, 1.82) is 0 Å². The van der Waals surface area contributed by atoms with E-state index in [-0.39, 0.29) is 29.5 Å². The molecule has 4 rings (SSSR count). The molecule has 2 fully saturated rings. The Hall–Kier alpha value is -1.33. The van der Waals surface area contributed by atoms with Gasteiger partial charge < -0.3 is 23.4 Å². The van der Waals surface area contributed by atoms with Crippen LogP contribution in [-0.4, -0.2) is 58.6 Å². The van der Waals surface area contributed by atoms with Crippen molar-refractivity contribution in [3.63, 3.8) is 0 Å². The van der Waals surface area contributed by atoms with Crippen molar-refractivity contribution in [2.75, 3.05) is 6.61 Å². The maximum absolute atomic E-state index is 9.83. The van der Waals surface area contributed by atoms with Crippen LogP contribution in [0, 0.1) is 0 Å². The smallest absolute Gasteiger partial charge is 0.261 e. The van der Waals surface area contributed by atoms with Crippen LogP contribution in [0.1, 0.15) is 108 Å². The molecule has 252 valence electrons. The fraction of sp³-hybridized carbons (Fsp3) is 0.684. The summed E-state index contributed by atoms with van der Waals surface area (Å²) in [5.41, 5.74) is 1.53. The Kier molecular flexibility index (Phi) is 12.0. The number of benzene rings is 2. The number of aliphatic hydroxyl groups is 1. The lowest BCUT2D eigenvalue weighted by Gasteiger charge is -2.46. The van der Waals surface area contributed by atoms with Gasteiger partial charge in [-0.25, -0.2) is 0 Å². The van der Waals surface area contributed by atoms with Gasteiger partial charge in [0.15, 0.2) is 5.79 Å². The van der Waals surface area contributed by atoms with Crippen LogP contribution in [0.5, 0.6) is 0 Å². The SMILES string of the molecule is CC(C)[Si](O[C@@H]1C[C@@H](CCO[Si](c2ccccc2)(c2ccccc2)C(C)(C)C)O[C@@]2(CCCC[C@H](C)O)O[C@@H]12)(C(C)C)C(C)C. The van der Waals surface area contributed by atoms with Gasteiger partial charge in [-0.05, 0) is 58.2 Å². The third-order valence-corrected chi connectivity index (χ3v) is 21.7. The highest BCUT2D eigenvalue weighted by molar-refractivity contribution is 6.99. The standard InChI is InChI=1S/C38H62O5Si2/c1-28(2)44(29(3)4,30(5)6)43-35-27-32(41-38(36(35)42-38)25-18-17-19-31(7)39)24-26-40-45(37(8,9)10,33-20-13-11-14-21-33)34-22-15-12-16-23-34/h11-16,20-23,28-32,35-36,39H,17-19,24-27H2,1-10H3/t31-,32+,35+,36-,38-/m0/s1. The fourth-order valence-electron chi connectivity index (χ4n) is 8.48. The van der Waals surface area contributed by atoms with Crippen LogP contribution >= 0.6 is 0 Å². The van der Waals surface area contributed by atoms with Crippen molar-refractivity contribution in [1.82, 2.24) is 0 Å². The van der Waals surface area contributed by atoms with Gasteiger partial charge in [-0.1, -0.05) is 129 Å². The third kappa shape index (κ3) is 7.71. The molecule has 5 nitrogen and oxygen atoms in total. The highest BCUT2D eigenvalue weighted by Crippen LogP contribution is 2.54. The summed E-state index contributed by atoms with van der Waals surface area (Å²) in [5, 5.41) is 12.4. The van der Waals surface area contributed by atoms with Crippen molar-refractivity contribution in [2.45, 2.75) is 160 Å². The number of aliphatic hydroxyl groups excluding tert-OH is 1. The summed E-state index contributed by atoms with van der Waals surface area (Å²) in [6.07, 6.45) is 4.98. The maximum atomic E-state index is 9.83. The molecular formula is C38H62O5Si2. The van der Waals surface area contributed by atoms with E-state index in [1.54, 1.807) is 0 Å². The van der Waals surface area contributed by atoms with Crippen molar-refractivity contribution in [3.8, 4) is 0 Å². The lowest BCUT2D eigenvalue weighted by molar-refractivity contribution is -0.125. The predicted molar refractivity (Wildman–Crippen MR) is 191 cm³/mol. The van der Waals surface area contributed by atoms with Crippen LogP contribution in [0.15, 0.2) is 60.7 Å². The first-order chi connectivity index (χ1) is 21.2. The van der Waals surface area contributed by atoms with Crippen LogP contribution in [0.25, 0.3) is 0 Å². The zero-order valence-corrected chi connectivity index (χ0v) is 31.8. The lowest BCUT2D eigenvalue weighted by Crippen LogP contribution is -2.66. The van der Waals surface area contributed by atoms with E-state index in [9.17, 15) is 5.11 Å². The molecule has 2 aromatic rings. The number of unbranched alkanes of at least 4 members (excludes halogenated alkanes) is 1. The molecule has 2 heterocycles. The van der Waals surface area contributed by atoms with Gasteiger partial charge in [0.25, 0.3) is 8.32 Å². The van der Waals surface area contributed by atoms with Crippen molar-refractivity contribution >= 4 is 27.0 Å². The molecular weight excluding hydrogens is 593 g/mol. The van der Waals surface area contributed by atoms with E-state index < -0.39 is 22.4 Å². The molecule has 0 saturated carbocycles. The second kappa shape index (κ2) is 14.8. The Morgan fingerprint density at radius 3 is 1.82 bits per heavy atom. The lowest BCUT2D eigenvalue weighted by atomic mass is 9.96. The summed E-state index contributed by atoms with van der Waals surface area (Å²) < 4.78 is 28.1. The number of hydrogen-bond donors (Lipinski definition) is 1. The molecule has 0 radical (unpaired) electrons. The number of hydrogen-bond acceptors (Lipinski definition) is 5. The maximum Gasteiger partial charge on any atom is 0.261 e. The molecule has 0 bridgehead atoms. The van der Waals surface area contributed by atoms with Gasteiger partial charge in [0.05, 0.1) is 18.3 Å².